The number of aromatic hydroxyl groups is 1. The summed E-state index contributed by atoms with van der Waals surface area (Å²) >= 11 is 0. The Morgan fingerprint density at radius 3 is 2.37 bits per heavy atom. The molecule has 3 aliphatic rings. The summed E-state index contributed by atoms with van der Waals surface area (Å²) in [5.74, 6) is 1.09. The molecule has 1 N–H and O–H groups in total. The predicted molar refractivity (Wildman–Crippen MR) is 154 cm³/mol. The van der Waals surface area contributed by atoms with Gasteiger partial charge in [-0.3, -0.25) is 4.90 Å². The van der Waals surface area contributed by atoms with E-state index in [0.29, 0.717) is 29.5 Å². The molecule has 0 saturated carbocycles. The lowest BCUT2D eigenvalue weighted by Gasteiger charge is -2.42. The van der Waals surface area contributed by atoms with Gasteiger partial charge in [0, 0.05) is 24.7 Å². The van der Waals surface area contributed by atoms with Crippen LogP contribution in [0.5, 0.6) is 5.75 Å². The summed E-state index contributed by atoms with van der Waals surface area (Å²) in [7, 11) is 0. The van der Waals surface area contributed by atoms with Gasteiger partial charge in [0.15, 0.2) is 0 Å². The Bertz CT molecular complexity index is 1230. The maximum atomic E-state index is 11.0. The minimum atomic E-state index is 0.292. The van der Waals surface area contributed by atoms with Crippen LogP contribution in [0.25, 0.3) is 0 Å². The Labute approximate surface area is 227 Å². The van der Waals surface area contributed by atoms with Crippen LogP contribution in [-0.2, 0) is 11.2 Å². The molecule has 2 aliphatic heterocycles. The molecule has 4 heteroatoms. The van der Waals surface area contributed by atoms with E-state index in [0.717, 1.165) is 45.3 Å². The van der Waals surface area contributed by atoms with Crippen LogP contribution in [0.2, 0.25) is 0 Å². The molecule has 3 aromatic carbocycles. The molecular formula is C34H40N2O2. The number of hydrogen-bond acceptors (Lipinski definition) is 4. The van der Waals surface area contributed by atoms with Crippen molar-refractivity contribution in [2.75, 3.05) is 37.6 Å². The fourth-order valence-corrected chi connectivity index (χ4v) is 7.51. The smallest absolute Gasteiger partial charge is 0.133 e. The fourth-order valence-electron chi connectivity index (χ4n) is 7.51. The van der Waals surface area contributed by atoms with Gasteiger partial charge in [-0.2, -0.15) is 0 Å². The molecule has 1 spiro atoms. The third-order valence-corrected chi connectivity index (χ3v) is 9.73. The van der Waals surface area contributed by atoms with E-state index in [2.05, 4.69) is 70.5 Å². The molecule has 0 amide bonds. The summed E-state index contributed by atoms with van der Waals surface area (Å²) in [6.07, 6.45) is 9.38. The average Bonchev–Trinajstić information content (AvgIpc) is 3.15. The van der Waals surface area contributed by atoms with Crippen LogP contribution < -0.4 is 4.90 Å². The van der Waals surface area contributed by atoms with Crippen molar-refractivity contribution in [3.05, 3.63) is 95.1 Å². The number of nitrogens with zero attached hydrogens (tertiary/aromatic N) is 2. The summed E-state index contributed by atoms with van der Waals surface area (Å²) in [6.45, 7) is 4.96. The number of phenols is 1. The maximum absolute atomic E-state index is 11.0. The number of rotatable bonds is 5. The van der Waals surface area contributed by atoms with Crippen LogP contribution in [0.4, 0.5) is 5.69 Å². The molecule has 1 unspecified atom stereocenters. The summed E-state index contributed by atoms with van der Waals surface area (Å²) < 4.78 is 0. The van der Waals surface area contributed by atoms with Crippen molar-refractivity contribution in [3.63, 3.8) is 0 Å². The molecule has 2 atom stereocenters. The van der Waals surface area contributed by atoms with E-state index in [4.69, 9.17) is 0 Å². The number of aryl methyl sites for hydroxylation is 1. The quantitative estimate of drug-likeness (QED) is 0.398. The second-order valence-corrected chi connectivity index (χ2v) is 11.8. The molecular weight excluding hydrogens is 468 g/mol. The number of aldehydes is 1. The molecule has 38 heavy (non-hydrogen) atoms. The zero-order valence-corrected chi connectivity index (χ0v) is 22.4. The van der Waals surface area contributed by atoms with Gasteiger partial charge in [-0.25, -0.2) is 0 Å². The lowest BCUT2D eigenvalue weighted by Crippen LogP contribution is -2.40. The second-order valence-electron chi connectivity index (χ2n) is 11.8. The van der Waals surface area contributed by atoms with Crippen LogP contribution >= 0.6 is 0 Å². The summed E-state index contributed by atoms with van der Waals surface area (Å²) in [5, 5.41) is 10.1. The fraction of sp³-hybridized carbons (Fsp3) is 0.441. The number of hydrogen-bond donors (Lipinski definition) is 1. The summed E-state index contributed by atoms with van der Waals surface area (Å²) in [5.41, 5.74) is 7.18. The number of carbonyl (C=O) groups excluding carboxylic acids is 1. The first-order chi connectivity index (χ1) is 18.6. The third kappa shape index (κ3) is 5.11. The van der Waals surface area contributed by atoms with Gasteiger partial charge in [-0.1, -0.05) is 48.5 Å². The SMILES string of the molecule is O=CCN1CCCC2(CC1)CCN(c1ccc([C@H]3c4ccc(O)cc4CCC3c3ccccc3)cc1)CC2. The van der Waals surface area contributed by atoms with Gasteiger partial charge in [-0.15, -0.1) is 0 Å². The number of anilines is 1. The standard InChI is InChI=1S/C34H40N2O2/c37-24-23-35-19-4-15-34(16-20-35)17-21-36(22-18-34)29-10-7-27(8-11-29)33-31(26-5-2-1-3-6-26)13-9-28-25-30(38)12-14-32(28)33/h1-3,5-8,10-12,14,24-25,31,33,38H,4,9,13,15-23H2/t31?,33-/m1/s1. The normalized spacial score (nSPS) is 23.5. The van der Waals surface area contributed by atoms with Gasteiger partial charge in [0.05, 0.1) is 6.54 Å². The van der Waals surface area contributed by atoms with Gasteiger partial charge in [-0.05, 0) is 116 Å². The molecule has 6 rings (SSSR count). The highest BCUT2D eigenvalue weighted by Gasteiger charge is 2.36. The maximum Gasteiger partial charge on any atom is 0.133 e. The summed E-state index contributed by atoms with van der Waals surface area (Å²) in [4.78, 5) is 15.9. The van der Waals surface area contributed by atoms with E-state index >= 15 is 0 Å². The van der Waals surface area contributed by atoms with Gasteiger partial charge in [0.25, 0.3) is 0 Å². The number of likely N-dealkylation sites (tertiary alicyclic amines) is 1. The molecule has 0 aromatic heterocycles. The Kier molecular flexibility index (Phi) is 7.25. The van der Waals surface area contributed by atoms with Crippen molar-refractivity contribution >= 4 is 12.0 Å². The third-order valence-electron chi connectivity index (χ3n) is 9.73. The van der Waals surface area contributed by atoms with Crippen LogP contribution in [0.1, 0.15) is 72.6 Å². The first kappa shape index (κ1) is 25.2. The molecule has 198 valence electrons. The molecule has 1 aliphatic carbocycles. The highest BCUT2D eigenvalue weighted by molar-refractivity contribution is 5.53. The number of phenolic OH excluding ortho intramolecular Hbond substituents is 1. The average molecular weight is 509 g/mol. The molecule has 2 saturated heterocycles. The Balaban J connectivity index is 1.20. The first-order valence-corrected chi connectivity index (χ1v) is 14.5. The van der Waals surface area contributed by atoms with Crippen molar-refractivity contribution in [1.82, 2.24) is 4.90 Å². The zero-order chi connectivity index (χ0) is 26.0. The van der Waals surface area contributed by atoms with Gasteiger partial charge >= 0.3 is 0 Å². The molecule has 0 bridgehead atoms. The van der Waals surface area contributed by atoms with Crippen molar-refractivity contribution < 1.29 is 9.90 Å². The van der Waals surface area contributed by atoms with E-state index in [-0.39, 0.29) is 0 Å². The van der Waals surface area contributed by atoms with E-state index in [1.165, 1.54) is 60.0 Å². The van der Waals surface area contributed by atoms with Crippen molar-refractivity contribution in [3.8, 4) is 5.75 Å². The van der Waals surface area contributed by atoms with Crippen LogP contribution in [-0.4, -0.2) is 49.0 Å². The van der Waals surface area contributed by atoms with Crippen molar-refractivity contribution in [2.45, 2.75) is 56.8 Å². The minimum absolute atomic E-state index is 0.292. The molecule has 3 aromatic rings. The Hall–Kier alpha value is -3.11. The van der Waals surface area contributed by atoms with E-state index in [1.54, 1.807) is 0 Å². The lowest BCUT2D eigenvalue weighted by atomic mass is 9.69. The van der Waals surface area contributed by atoms with Gasteiger partial charge in [0.1, 0.15) is 12.0 Å². The monoisotopic (exact) mass is 508 g/mol. The van der Waals surface area contributed by atoms with Gasteiger partial charge < -0.3 is 14.8 Å². The van der Waals surface area contributed by atoms with Crippen LogP contribution in [0.15, 0.2) is 72.8 Å². The van der Waals surface area contributed by atoms with Gasteiger partial charge in [0.2, 0.25) is 0 Å². The first-order valence-electron chi connectivity index (χ1n) is 14.5. The lowest BCUT2D eigenvalue weighted by molar-refractivity contribution is -0.108. The number of fused-ring (bicyclic) bond motifs is 1. The van der Waals surface area contributed by atoms with Crippen LogP contribution in [0, 0.1) is 5.41 Å². The van der Waals surface area contributed by atoms with E-state index < -0.39 is 0 Å². The Morgan fingerprint density at radius 2 is 1.61 bits per heavy atom. The van der Waals surface area contributed by atoms with E-state index in [1.807, 2.05) is 12.1 Å². The predicted octanol–water partition coefficient (Wildman–Crippen LogP) is 6.53. The topological polar surface area (TPSA) is 43.8 Å². The van der Waals surface area contributed by atoms with Crippen LogP contribution in [0.3, 0.4) is 0 Å². The molecule has 0 radical (unpaired) electrons. The molecule has 4 nitrogen and oxygen atoms in total. The van der Waals surface area contributed by atoms with Crippen molar-refractivity contribution in [2.24, 2.45) is 5.41 Å². The largest absolute Gasteiger partial charge is 0.508 e. The Morgan fingerprint density at radius 1 is 0.842 bits per heavy atom. The van der Waals surface area contributed by atoms with E-state index in [9.17, 15) is 9.90 Å². The molecule has 2 heterocycles. The number of carbonyl (C=O) groups is 1. The minimum Gasteiger partial charge on any atom is -0.508 e. The molecule has 2 fully saturated rings. The number of benzene rings is 3. The van der Waals surface area contributed by atoms with Crippen molar-refractivity contribution in [1.29, 1.82) is 0 Å². The zero-order valence-electron chi connectivity index (χ0n) is 22.4. The number of piperidine rings is 1. The highest BCUT2D eigenvalue weighted by atomic mass is 16.3. The summed E-state index contributed by atoms with van der Waals surface area (Å²) in [6, 6.07) is 26.3. The second kappa shape index (κ2) is 10.9. The highest BCUT2D eigenvalue weighted by Crippen LogP contribution is 2.47.